The first kappa shape index (κ1) is 25.4. The van der Waals surface area contributed by atoms with Crippen molar-refractivity contribution in [3.63, 3.8) is 0 Å². The third-order valence-corrected chi connectivity index (χ3v) is 5.77. The number of nitrogens with zero attached hydrogens (tertiary/aromatic N) is 4. The summed E-state index contributed by atoms with van der Waals surface area (Å²) >= 11 is 0. The van der Waals surface area contributed by atoms with Gasteiger partial charge in [0, 0.05) is 37.8 Å². The van der Waals surface area contributed by atoms with Gasteiger partial charge in [-0.25, -0.2) is 13.8 Å². The fourth-order valence-electron chi connectivity index (χ4n) is 3.82. The number of aryl methyl sites for hydroxylation is 1. The molecule has 1 aliphatic heterocycles. The van der Waals surface area contributed by atoms with Gasteiger partial charge in [0.25, 0.3) is 11.8 Å². The molecule has 1 aliphatic rings. The highest BCUT2D eigenvalue weighted by Crippen LogP contribution is 2.32. The lowest BCUT2D eigenvalue weighted by Gasteiger charge is -2.28. The zero-order valence-corrected chi connectivity index (χ0v) is 20.1. The molecule has 11 heteroatoms. The zero-order valence-electron chi connectivity index (χ0n) is 20.1. The van der Waals surface area contributed by atoms with Gasteiger partial charge in [0.15, 0.2) is 5.69 Å². The van der Waals surface area contributed by atoms with Crippen molar-refractivity contribution in [2.45, 2.75) is 19.8 Å². The number of benzene rings is 1. The van der Waals surface area contributed by atoms with Gasteiger partial charge < -0.3 is 25.4 Å². The molecule has 3 N–H and O–H groups in total. The zero-order chi connectivity index (χ0) is 25.7. The van der Waals surface area contributed by atoms with E-state index in [0.717, 1.165) is 41.7 Å². The van der Waals surface area contributed by atoms with Crippen LogP contribution >= 0.6 is 0 Å². The first-order chi connectivity index (χ1) is 17.2. The number of hydrogen-bond donors (Lipinski definition) is 3. The predicted octanol–water partition coefficient (Wildman–Crippen LogP) is 3.45. The second kappa shape index (κ2) is 10.9. The highest BCUT2D eigenvalue weighted by atomic mass is 19.3. The number of rotatable bonds is 8. The van der Waals surface area contributed by atoms with Gasteiger partial charge in [0.2, 0.25) is 0 Å². The van der Waals surface area contributed by atoms with Crippen LogP contribution in [0.5, 0.6) is 0 Å². The quantitative estimate of drug-likeness (QED) is 0.433. The second-order valence-corrected chi connectivity index (χ2v) is 8.55. The van der Waals surface area contributed by atoms with E-state index in [1.165, 1.54) is 0 Å². The van der Waals surface area contributed by atoms with Crippen molar-refractivity contribution in [3.8, 4) is 11.1 Å². The van der Waals surface area contributed by atoms with Gasteiger partial charge >= 0.3 is 0 Å². The van der Waals surface area contributed by atoms with Gasteiger partial charge in [-0.3, -0.25) is 4.79 Å². The number of aromatic nitrogens is 3. The number of aliphatic hydroxyl groups excluding tert-OH is 1. The number of alkyl halides is 2. The molecule has 1 aromatic carbocycles. The first-order valence-corrected chi connectivity index (χ1v) is 11.6. The van der Waals surface area contributed by atoms with E-state index in [1.54, 1.807) is 6.07 Å². The Labute approximate surface area is 207 Å². The van der Waals surface area contributed by atoms with Crippen molar-refractivity contribution in [3.05, 3.63) is 59.4 Å². The maximum Gasteiger partial charge on any atom is 0.276 e. The van der Waals surface area contributed by atoms with Gasteiger partial charge in [-0.2, -0.15) is 5.10 Å². The molecule has 3 aromatic rings. The van der Waals surface area contributed by atoms with Crippen LogP contribution in [0.25, 0.3) is 11.1 Å². The summed E-state index contributed by atoms with van der Waals surface area (Å²) < 4.78 is 32.8. The van der Waals surface area contributed by atoms with Crippen molar-refractivity contribution in [1.29, 1.82) is 0 Å². The second-order valence-electron chi connectivity index (χ2n) is 8.55. The van der Waals surface area contributed by atoms with Crippen LogP contribution in [0.3, 0.4) is 0 Å². The van der Waals surface area contributed by atoms with E-state index < -0.39 is 11.8 Å². The molecule has 4 rings (SSSR count). The molecule has 2 aromatic heterocycles. The van der Waals surface area contributed by atoms with Crippen LogP contribution < -0.4 is 15.5 Å². The normalized spacial score (nSPS) is 14.0. The van der Waals surface area contributed by atoms with Crippen molar-refractivity contribution in [2.75, 3.05) is 55.0 Å². The molecular weight excluding hydrogens is 470 g/mol. The number of anilines is 3. The maximum absolute atomic E-state index is 13.7. The fourth-order valence-corrected chi connectivity index (χ4v) is 3.82. The van der Waals surface area contributed by atoms with Gasteiger partial charge in [-0.1, -0.05) is 6.07 Å². The van der Waals surface area contributed by atoms with E-state index in [9.17, 15) is 18.7 Å². The molecule has 0 bridgehead atoms. The molecule has 0 radical (unpaired) electrons. The van der Waals surface area contributed by atoms with E-state index in [4.69, 9.17) is 9.72 Å². The number of ether oxygens (including phenoxy) is 1. The standard InChI is InChI=1S/C25H28F2N6O3/c1-16-3-4-19(30-24(35)21-13-18(15-29-32-21)25(2,26)27)14-20(16)17-11-22(28-5-8-34)31-23(12-17)33-6-9-36-10-7-33/h3-4,11-15,34H,5-10H2,1-2H3,(H,28,31)(H,30,35). The Balaban J connectivity index is 1.64. The largest absolute Gasteiger partial charge is 0.395 e. The van der Waals surface area contributed by atoms with Crippen LogP contribution in [0.4, 0.5) is 26.1 Å². The van der Waals surface area contributed by atoms with Crippen molar-refractivity contribution in [2.24, 2.45) is 0 Å². The van der Waals surface area contributed by atoms with E-state index in [2.05, 4.69) is 25.7 Å². The summed E-state index contributed by atoms with van der Waals surface area (Å²) in [6.45, 7) is 5.65. The van der Waals surface area contributed by atoms with Gasteiger partial charge in [0.1, 0.15) is 11.6 Å². The Kier molecular flexibility index (Phi) is 7.70. The van der Waals surface area contributed by atoms with E-state index in [1.807, 2.05) is 31.2 Å². The van der Waals surface area contributed by atoms with Crippen LogP contribution in [-0.2, 0) is 10.7 Å². The summed E-state index contributed by atoms with van der Waals surface area (Å²) in [5.74, 6) is -2.39. The number of aliphatic hydroxyl groups is 1. The van der Waals surface area contributed by atoms with Crippen molar-refractivity contribution in [1.82, 2.24) is 15.2 Å². The number of amides is 1. The number of halogens is 2. The lowest BCUT2D eigenvalue weighted by molar-refractivity contribution is 0.0169. The number of carbonyl (C=O) groups excluding carboxylic acids is 1. The van der Waals surface area contributed by atoms with Gasteiger partial charge in [0.05, 0.1) is 26.0 Å². The number of hydrogen-bond acceptors (Lipinski definition) is 8. The van der Waals surface area contributed by atoms with E-state index in [-0.39, 0.29) is 17.9 Å². The van der Waals surface area contributed by atoms with Crippen LogP contribution in [0, 0.1) is 6.92 Å². The fraction of sp³-hybridized carbons (Fsp3) is 0.360. The van der Waals surface area contributed by atoms with E-state index >= 15 is 0 Å². The molecule has 0 spiro atoms. The monoisotopic (exact) mass is 498 g/mol. The molecule has 190 valence electrons. The van der Waals surface area contributed by atoms with Crippen LogP contribution in [-0.4, -0.2) is 65.6 Å². The molecular formula is C25H28F2N6O3. The van der Waals surface area contributed by atoms with Crippen LogP contribution in [0.1, 0.15) is 28.5 Å². The molecule has 0 saturated carbocycles. The Bertz CT molecular complexity index is 1230. The average Bonchev–Trinajstić information content (AvgIpc) is 2.88. The molecule has 1 saturated heterocycles. The summed E-state index contributed by atoms with van der Waals surface area (Å²) in [4.78, 5) is 19.6. The predicted molar refractivity (Wildman–Crippen MR) is 133 cm³/mol. The van der Waals surface area contributed by atoms with Gasteiger partial charge in [-0.15, -0.1) is 5.10 Å². The Morgan fingerprint density at radius 2 is 1.97 bits per heavy atom. The number of pyridine rings is 1. The summed E-state index contributed by atoms with van der Waals surface area (Å²) in [5.41, 5.74) is 2.58. The Morgan fingerprint density at radius 1 is 1.19 bits per heavy atom. The molecule has 9 nitrogen and oxygen atoms in total. The van der Waals surface area contributed by atoms with E-state index in [0.29, 0.717) is 44.4 Å². The smallest absolute Gasteiger partial charge is 0.276 e. The molecule has 1 fully saturated rings. The topological polar surface area (TPSA) is 112 Å². The third-order valence-electron chi connectivity index (χ3n) is 5.77. The third kappa shape index (κ3) is 6.10. The minimum Gasteiger partial charge on any atom is -0.395 e. The summed E-state index contributed by atoms with van der Waals surface area (Å²) in [7, 11) is 0. The number of carbonyl (C=O) groups is 1. The summed E-state index contributed by atoms with van der Waals surface area (Å²) in [6, 6.07) is 10.3. The molecule has 36 heavy (non-hydrogen) atoms. The average molecular weight is 499 g/mol. The van der Waals surface area contributed by atoms with Crippen LogP contribution in [0.15, 0.2) is 42.6 Å². The highest BCUT2D eigenvalue weighted by Gasteiger charge is 2.26. The van der Waals surface area contributed by atoms with Crippen molar-refractivity contribution >= 4 is 23.2 Å². The molecule has 0 atom stereocenters. The molecule has 0 unspecified atom stereocenters. The highest BCUT2D eigenvalue weighted by molar-refractivity contribution is 6.03. The Hall–Kier alpha value is -3.70. The van der Waals surface area contributed by atoms with Crippen molar-refractivity contribution < 1.29 is 23.4 Å². The first-order valence-electron chi connectivity index (χ1n) is 11.6. The summed E-state index contributed by atoms with van der Waals surface area (Å²) in [5, 5.41) is 22.3. The number of nitrogens with one attached hydrogen (secondary N) is 2. The Morgan fingerprint density at radius 3 is 2.69 bits per heavy atom. The minimum absolute atomic E-state index is 0.0343. The van der Waals surface area contributed by atoms with Gasteiger partial charge in [-0.05, 0) is 53.9 Å². The molecule has 1 amide bonds. The summed E-state index contributed by atoms with van der Waals surface area (Å²) in [6.07, 6.45) is 0.943. The minimum atomic E-state index is -3.14. The number of morpholine rings is 1. The SMILES string of the molecule is Cc1ccc(NC(=O)c2cc(C(C)(F)F)cnn2)cc1-c1cc(NCCO)nc(N2CCOCC2)c1. The maximum atomic E-state index is 13.7. The molecule has 3 heterocycles. The molecule has 0 aliphatic carbocycles. The lowest BCUT2D eigenvalue weighted by atomic mass is 10.00. The van der Waals surface area contributed by atoms with Crippen LogP contribution in [0.2, 0.25) is 0 Å². The lowest BCUT2D eigenvalue weighted by Crippen LogP contribution is -2.36.